The predicted molar refractivity (Wildman–Crippen MR) is 113 cm³/mol. The molecule has 0 aliphatic heterocycles. The lowest BCUT2D eigenvalue weighted by Crippen LogP contribution is -2.14. The van der Waals surface area contributed by atoms with Crippen LogP contribution in [0.2, 0.25) is 0 Å². The Morgan fingerprint density at radius 3 is 2.46 bits per heavy atom. The van der Waals surface area contributed by atoms with E-state index in [-0.39, 0.29) is 11.3 Å². The molecule has 0 bridgehead atoms. The summed E-state index contributed by atoms with van der Waals surface area (Å²) in [7, 11) is 0. The normalized spacial score (nSPS) is 15.9. The van der Waals surface area contributed by atoms with Crippen LogP contribution < -0.4 is 5.43 Å². The summed E-state index contributed by atoms with van der Waals surface area (Å²) in [6, 6.07) is 22.0. The monoisotopic (exact) mass is 432 g/mol. The van der Waals surface area contributed by atoms with Gasteiger partial charge in [-0.2, -0.15) is 0 Å². The van der Waals surface area contributed by atoms with Crippen molar-refractivity contribution in [3.8, 4) is 0 Å². The number of rotatable bonds is 2. The highest BCUT2D eigenvalue weighted by molar-refractivity contribution is 9.10. The second-order valence-electron chi connectivity index (χ2n) is 6.77. The number of benzene rings is 3. The molecule has 2 nitrogen and oxygen atoms in total. The zero-order chi connectivity index (χ0) is 19.3. The third kappa shape index (κ3) is 2.56. The van der Waals surface area contributed by atoms with Crippen molar-refractivity contribution in [2.24, 2.45) is 0 Å². The number of allylic oxidation sites excluding steroid dienone is 1. The van der Waals surface area contributed by atoms with Gasteiger partial charge in [-0.05, 0) is 29.3 Å². The highest BCUT2D eigenvalue weighted by Gasteiger charge is 2.35. The molecule has 5 rings (SSSR count). The predicted octanol–water partition coefficient (Wildman–Crippen LogP) is 6.54. The van der Waals surface area contributed by atoms with Gasteiger partial charge in [0, 0.05) is 27.1 Å². The van der Waals surface area contributed by atoms with E-state index < -0.39 is 5.92 Å². The van der Waals surface area contributed by atoms with E-state index in [1.165, 1.54) is 6.26 Å². The molecule has 136 valence electrons. The first-order valence-electron chi connectivity index (χ1n) is 8.90. The zero-order valence-corrected chi connectivity index (χ0v) is 16.2. The van der Waals surface area contributed by atoms with Crippen LogP contribution in [0.4, 0.5) is 4.39 Å². The summed E-state index contributed by atoms with van der Waals surface area (Å²) in [5, 5.41) is 0.476. The lowest BCUT2D eigenvalue weighted by Gasteiger charge is -2.17. The maximum absolute atomic E-state index is 15.5. The van der Waals surface area contributed by atoms with E-state index in [1.807, 2.05) is 54.6 Å². The van der Waals surface area contributed by atoms with Crippen molar-refractivity contribution in [3.05, 3.63) is 116 Å². The molecule has 1 heterocycles. The van der Waals surface area contributed by atoms with Crippen LogP contribution in [0.1, 0.15) is 28.2 Å². The van der Waals surface area contributed by atoms with E-state index >= 15 is 4.39 Å². The Hall–Kier alpha value is -2.98. The maximum Gasteiger partial charge on any atom is 0.196 e. The summed E-state index contributed by atoms with van der Waals surface area (Å²) in [5.74, 6) is -0.807. The number of hydrogen-bond acceptors (Lipinski definition) is 2. The van der Waals surface area contributed by atoms with Gasteiger partial charge in [-0.15, -0.1) is 0 Å². The Labute approximate surface area is 169 Å². The quantitative estimate of drug-likeness (QED) is 0.360. The molecule has 0 spiro atoms. The van der Waals surface area contributed by atoms with Crippen molar-refractivity contribution < 1.29 is 8.81 Å². The molecule has 0 saturated heterocycles. The molecule has 0 radical (unpaired) electrons. The van der Waals surface area contributed by atoms with Crippen molar-refractivity contribution in [2.75, 3.05) is 0 Å². The number of hydrogen-bond donors (Lipinski definition) is 0. The molecular weight excluding hydrogens is 419 g/mol. The van der Waals surface area contributed by atoms with E-state index in [9.17, 15) is 4.79 Å². The largest absolute Gasteiger partial charge is 0.464 e. The standard InChI is InChI=1S/C24H14BrFO2/c25-15-10-11-20-18(12-15)24(27)19(13-28-20)22-16-8-4-5-9-17(16)23(26)21(22)14-6-2-1-3-7-14/h1-13,22H. The highest BCUT2D eigenvalue weighted by Crippen LogP contribution is 2.50. The van der Waals surface area contributed by atoms with Crippen LogP contribution in [0.25, 0.3) is 22.4 Å². The van der Waals surface area contributed by atoms with Gasteiger partial charge in [-0.1, -0.05) is 70.5 Å². The zero-order valence-electron chi connectivity index (χ0n) is 14.7. The summed E-state index contributed by atoms with van der Waals surface area (Å²) >= 11 is 3.41. The van der Waals surface area contributed by atoms with Gasteiger partial charge in [0.15, 0.2) is 5.43 Å². The summed E-state index contributed by atoms with van der Waals surface area (Å²) in [6.07, 6.45) is 1.47. The van der Waals surface area contributed by atoms with Gasteiger partial charge in [0.05, 0.1) is 11.6 Å². The van der Waals surface area contributed by atoms with Crippen LogP contribution in [-0.4, -0.2) is 0 Å². The molecule has 1 atom stereocenters. The van der Waals surface area contributed by atoms with Gasteiger partial charge in [-0.3, -0.25) is 4.79 Å². The Kier molecular flexibility index (Phi) is 4.02. The fourth-order valence-corrected chi connectivity index (χ4v) is 4.29. The number of fused-ring (bicyclic) bond motifs is 2. The van der Waals surface area contributed by atoms with Crippen LogP contribution in [0.5, 0.6) is 0 Å². The van der Waals surface area contributed by atoms with Crippen molar-refractivity contribution in [1.82, 2.24) is 0 Å². The van der Waals surface area contributed by atoms with E-state index in [1.54, 1.807) is 18.2 Å². The SMILES string of the molecule is O=c1c(C2C(c3ccccc3)=C(F)c3ccccc32)coc2ccc(Br)cc12. The Balaban J connectivity index is 1.81. The van der Waals surface area contributed by atoms with Crippen molar-refractivity contribution >= 4 is 38.3 Å². The first-order chi connectivity index (χ1) is 13.6. The smallest absolute Gasteiger partial charge is 0.196 e. The van der Waals surface area contributed by atoms with E-state index in [2.05, 4.69) is 15.9 Å². The summed E-state index contributed by atoms with van der Waals surface area (Å²) < 4.78 is 22.0. The van der Waals surface area contributed by atoms with Crippen LogP contribution in [0, 0.1) is 0 Å². The second-order valence-corrected chi connectivity index (χ2v) is 7.69. The van der Waals surface area contributed by atoms with Crippen LogP contribution in [0.15, 0.2) is 92.7 Å². The molecule has 4 heteroatoms. The lowest BCUT2D eigenvalue weighted by atomic mass is 9.85. The van der Waals surface area contributed by atoms with E-state index in [0.29, 0.717) is 27.7 Å². The topological polar surface area (TPSA) is 30.2 Å². The first kappa shape index (κ1) is 17.1. The minimum atomic E-state index is -0.516. The summed E-state index contributed by atoms with van der Waals surface area (Å²) in [6.45, 7) is 0. The Morgan fingerprint density at radius 1 is 0.893 bits per heavy atom. The Morgan fingerprint density at radius 2 is 1.64 bits per heavy atom. The van der Waals surface area contributed by atoms with Gasteiger partial charge < -0.3 is 4.42 Å². The molecule has 0 saturated carbocycles. The average Bonchev–Trinajstić information content (AvgIpc) is 3.02. The molecule has 0 fully saturated rings. The molecule has 1 aromatic heterocycles. The molecule has 28 heavy (non-hydrogen) atoms. The third-order valence-corrected chi connectivity index (χ3v) is 5.68. The lowest BCUT2D eigenvalue weighted by molar-refractivity contribution is 0.592. The molecule has 4 aromatic rings. The first-order valence-corrected chi connectivity index (χ1v) is 9.70. The molecule has 0 amide bonds. The Bertz CT molecular complexity index is 1310. The van der Waals surface area contributed by atoms with E-state index in [0.717, 1.165) is 15.6 Å². The third-order valence-electron chi connectivity index (χ3n) is 5.19. The summed E-state index contributed by atoms with van der Waals surface area (Å²) in [5.41, 5.74) is 3.36. The fourth-order valence-electron chi connectivity index (χ4n) is 3.93. The van der Waals surface area contributed by atoms with E-state index in [4.69, 9.17) is 4.42 Å². The highest BCUT2D eigenvalue weighted by atomic mass is 79.9. The number of halogens is 2. The summed E-state index contributed by atoms with van der Waals surface area (Å²) in [4.78, 5) is 13.3. The average molecular weight is 433 g/mol. The van der Waals surface area contributed by atoms with Gasteiger partial charge in [0.25, 0.3) is 0 Å². The molecular formula is C24H14BrFO2. The van der Waals surface area contributed by atoms with Crippen LogP contribution in [-0.2, 0) is 0 Å². The second kappa shape index (κ2) is 6.57. The fraction of sp³-hybridized carbons (Fsp3) is 0.0417. The van der Waals surface area contributed by atoms with Crippen molar-refractivity contribution in [3.63, 3.8) is 0 Å². The van der Waals surface area contributed by atoms with Gasteiger partial charge in [-0.25, -0.2) is 4.39 Å². The van der Waals surface area contributed by atoms with Gasteiger partial charge in [0.2, 0.25) is 0 Å². The van der Waals surface area contributed by atoms with Gasteiger partial charge >= 0.3 is 0 Å². The van der Waals surface area contributed by atoms with Gasteiger partial charge in [0.1, 0.15) is 11.4 Å². The molecule has 1 aliphatic carbocycles. The van der Waals surface area contributed by atoms with Crippen molar-refractivity contribution in [1.29, 1.82) is 0 Å². The van der Waals surface area contributed by atoms with Crippen LogP contribution >= 0.6 is 15.9 Å². The van der Waals surface area contributed by atoms with Crippen LogP contribution in [0.3, 0.4) is 0 Å². The minimum absolute atomic E-state index is 0.148. The molecule has 3 aromatic carbocycles. The maximum atomic E-state index is 15.5. The molecule has 1 aliphatic rings. The minimum Gasteiger partial charge on any atom is -0.464 e. The molecule has 0 N–H and O–H groups in total. The van der Waals surface area contributed by atoms with Crippen molar-refractivity contribution in [2.45, 2.75) is 5.92 Å². The molecule has 1 unspecified atom stereocenters.